The van der Waals surface area contributed by atoms with E-state index in [0.717, 1.165) is 39.1 Å². The van der Waals surface area contributed by atoms with Crippen molar-refractivity contribution < 1.29 is 13.2 Å². The van der Waals surface area contributed by atoms with Crippen molar-refractivity contribution in [3.05, 3.63) is 64.1 Å². The molecule has 5 nitrogen and oxygen atoms in total. The van der Waals surface area contributed by atoms with Crippen LogP contribution in [-0.2, 0) is 20.6 Å². The minimum absolute atomic E-state index is 0.268. The molecule has 2 aromatic carbocycles. The van der Waals surface area contributed by atoms with Crippen LogP contribution >= 0.6 is 35.0 Å². The maximum absolute atomic E-state index is 12.2. The van der Waals surface area contributed by atoms with Crippen LogP contribution in [0.15, 0.2) is 48.5 Å². The van der Waals surface area contributed by atoms with Gasteiger partial charge in [-0.15, -0.1) is 0 Å². The van der Waals surface area contributed by atoms with Crippen LogP contribution in [0, 0.1) is 0 Å². The average molecular weight is 461 g/mol. The number of anilines is 1. The molecular formula is C19H22Cl2N2O3S2. The van der Waals surface area contributed by atoms with Gasteiger partial charge in [-0.2, -0.15) is 11.8 Å². The van der Waals surface area contributed by atoms with Crippen LogP contribution in [-0.4, -0.2) is 39.4 Å². The van der Waals surface area contributed by atoms with E-state index >= 15 is 0 Å². The van der Waals surface area contributed by atoms with Gasteiger partial charge in [0.05, 0.1) is 11.9 Å². The highest BCUT2D eigenvalue weighted by Crippen LogP contribution is 2.20. The summed E-state index contributed by atoms with van der Waals surface area (Å²) < 4.78 is 25.1. The van der Waals surface area contributed by atoms with E-state index in [9.17, 15) is 13.2 Å². The summed E-state index contributed by atoms with van der Waals surface area (Å²) in [6.07, 6.45) is 1.86. The largest absolute Gasteiger partial charge is 0.354 e. The predicted octanol–water partition coefficient (Wildman–Crippen LogP) is 4.20. The molecule has 0 aliphatic carbocycles. The zero-order valence-corrected chi connectivity index (χ0v) is 18.5. The fourth-order valence-corrected chi connectivity index (χ4v) is 4.52. The van der Waals surface area contributed by atoms with Crippen LogP contribution in [0.3, 0.4) is 0 Å². The van der Waals surface area contributed by atoms with Crippen molar-refractivity contribution in [2.75, 3.05) is 29.4 Å². The Bertz CT molecular complexity index is 890. The van der Waals surface area contributed by atoms with Gasteiger partial charge >= 0.3 is 0 Å². The third-order valence-electron chi connectivity index (χ3n) is 3.75. The summed E-state index contributed by atoms with van der Waals surface area (Å²) >= 11 is 13.5. The Morgan fingerprint density at radius 2 is 1.82 bits per heavy atom. The van der Waals surface area contributed by atoms with Gasteiger partial charge in [0.15, 0.2) is 0 Å². The van der Waals surface area contributed by atoms with Crippen molar-refractivity contribution in [1.29, 1.82) is 0 Å². The van der Waals surface area contributed by atoms with Gasteiger partial charge in [-0.1, -0.05) is 35.3 Å². The van der Waals surface area contributed by atoms with E-state index in [-0.39, 0.29) is 12.5 Å². The molecule has 0 aromatic heterocycles. The van der Waals surface area contributed by atoms with Crippen LogP contribution < -0.4 is 9.62 Å². The van der Waals surface area contributed by atoms with E-state index in [1.54, 1.807) is 36.0 Å². The van der Waals surface area contributed by atoms with E-state index in [4.69, 9.17) is 23.2 Å². The molecule has 0 saturated heterocycles. The highest BCUT2D eigenvalue weighted by molar-refractivity contribution is 7.98. The van der Waals surface area contributed by atoms with Crippen molar-refractivity contribution in [3.63, 3.8) is 0 Å². The molecule has 0 bridgehead atoms. The maximum Gasteiger partial charge on any atom is 0.240 e. The van der Waals surface area contributed by atoms with Crippen LogP contribution in [0.4, 0.5) is 5.69 Å². The molecule has 0 saturated carbocycles. The van der Waals surface area contributed by atoms with Crippen molar-refractivity contribution in [1.82, 2.24) is 5.32 Å². The Hall–Kier alpha value is -1.41. The van der Waals surface area contributed by atoms with Crippen molar-refractivity contribution >= 4 is 56.6 Å². The van der Waals surface area contributed by atoms with Crippen molar-refractivity contribution in [2.45, 2.75) is 12.2 Å². The van der Waals surface area contributed by atoms with E-state index in [1.807, 2.05) is 24.3 Å². The lowest BCUT2D eigenvalue weighted by Gasteiger charge is -2.21. The first-order valence-corrected chi connectivity index (χ1v) is 12.3. The number of thioether (sulfide) groups is 1. The number of sulfonamides is 1. The monoisotopic (exact) mass is 460 g/mol. The number of benzene rings is 2. The minimum Gasteiger partial charge on any atom is -0.354 e. The Morgan fingerprint density at radius 3 is 2.46 bits per heavy atom. The molecule has 2 aromatic rings. The maximum atomic E-state index is 12.2. The second kappa shape index (κ2) is 11.0. The predicted molar refractivity (Wildman–Crippen MR) is 119 cm³/mol. The second-order valence-electron chi connectivity index (χ2n) is 6.13. The van der Waals surface area contributed by atoms with E-state index in [2.05, 4.69) is 5.32 Å². The molecule has 0 heterocycles. The Balaban J connectivity index is 1.74. The first-order valence-electron chi connectivity index (χ1n) is 8.58. The van der Waals surface area contributed by atoms with Gasteiger partial charge in [-0.3, -0.25) is 9.10 Å². The summed E-state index contributed by atoms with van der Waals surface area (Å²) in [6.45, 7) is 0.218. The summed E-state index contributed by atoms with van der Waals surface area (Å²) in [7, 11) is -3.58. The molecule has 28 heavy (non-hydrogen) atoms. The molecule has 0 aliphatic rings. The van der Waals surface area contributed by atoms with Gasteiger partial charge in [-0.25, -0.2) is 8.42 Å². The molecule has 0 aliphatic heterocycles. The topological polar surface area (TPSA) is 66.5 Å². The summed E-state index contributed by atoms with van der Waals surface area (Å²) in [6, 6.07) is 14.0. The minimum atomic E-state index is -3.58. The molecule has 0 radical (unpaired) electrons. The molecule has 0 atom stereocenters. The number of hydrogen-bond donors (Lipinski definition) is 1. The lowest BCUT2D eigenvalue weighted by atomic mass is 10.2. The molecule has 2 rings (SSSR count). The van der Waals surface area contributed by atoms with Crippen molar-refractivity contribution in [3.8, 4) is 0 Å². The highest BCUT2D eigenvalue weighted by atomic mass is 35.5. The summed E-state index contributed by atoms with van der Waals surface area (Å²) in [5, 5.41) is 3.99. The fourth-order valence-electron chi connectivity index (χ4n) is 2.41. The van der Waals surface area contributed by atoms with Crippen LogP contribution in [0.5, 0.6) is 0 Å². The van der Waals surface area contributed by atoms with Crippen molar-refractivity contribution in [2.24, 2.45) is 0 Å². The fraction of sp³-hybridized carbons (Fsp3) is 0.316. The number of carbonyl (C=O) groups excluding carboxylic acids is 1. The Morgan fingerprint density at radius 1 is 1.11 bits per heavy atom. The third kappa shape index (κ3) is 7.91. The molecule has 0 unspecified atom stereocenters. The van der Waals surface area contributed by atoms with Gasteiger partial charge in [0.2, 0.25) is 15.9 Å². The number of amides is 1. The number of hydrogen-bond acceptors (Lipinski definition) is 4. The molecule has 0 spiro atoms. The number of nitrogens with one attached hydrogen (secondary N) is 1. The first kappa shape index (κ1) is 22.9. The van der Waals surface area contributed by atoms with E-state index in [1.165, 1.54) is 0 Å². The highest BCUT2D eigenvalue weighted by Gasteiger charge is 2.20. The molecule has 1 N–H and O–H groups in total. The van der Waals surface area contributed by atoms with Crippen LogP contribution in [0.1, 0.15) is 12.0 Å². The quantitative estimate of drug-likeness (QED) is 0.539. The number of halogens is 2. The Kier molecular flexibility index (Phi) is 8.95. The molecule has 152 valence electrons. The van der Waals surface area contributed by atoms with E-state index < -0.39 is 10.0 Å². The van der Waals surface area contributed by atoms with Gasteiger partial charge in [-0.05, 0) is 54.1 Å². The third-order valence-corrected chi connectivity index (χ3v) is 6.49. The van der Waals surface area contributed by atoms with E-state index in [0.29, 0.717) is 17.3 Å². The SMILES string of the molecule is CS(=O)(=O)N(CC(=O)NCCCSCc1cccc(Cl)c1)c1ccc(Cl)cc1. The Labute approximate surface area is 180 Å². The van der Waals surface area contributed by atoms with Gasteiger partial charge in [0, 0.05) is 22.3 Å². The molecular weight excluding hydrogens is 439 g/mol. The summed E-state index contributed by atoms with van der Waals surface area (Å²) in [5.74, 6) is 1.38. The normalized spacial score (nSPS) is 11.2. The van der Waals surface area contributed by atoms with Gasteiger partial charge in [0.1, 0.15) is 6.54 Å². The number of rotatable bonds is 10. The zero-order chi connectivity index (χ0) is 20.6. The smallest absolute Gasteiger partial charge is 0.240 e. The average Bonchev–Trinajstić information content (AvgIpc) is 2.63. The summed E-state index contributed by atoms with van der Waals surface area (Å²) in [5.41, 5.74) is 1.56. The number of nitrogens with zero attached hydrogens (tertiary/aromatic N) is 1. The summed E-state index contributed by atoms with van der Waals surface area (Å²) in [4.78, 5) is 12.2. The zero-order valence-electron chi connectivity index (χ0n) is 15.4. The van der Waals surface area contributed by atoms with Crippen LogP contribution in [0.25, 0.3) is 0 Å². The second-order valence-corrected chi connectivity index (χ2v) is 10.0. The number of carbonyl (C=O) groups is 1. The van der Waals surface area contributed by atoms with Gasteiger partial charge < -0.3 is 5.32 Å². The van der Waals surface area contributed by atoms with Gasteiger partial charge in [0.25, 0.3) is 0 Å². The lowest BCUT2D eigenvalue weighted by Crippen LogP contribution is -2.40. The van der Waals surface area contributed by atoms with Crippen LogP contribution in [0.2, 0.25) is 10.0 Å². The first-order chi connectivity index (χ1) is 13.3. The molecule has 9 heteroatoms. The standard InChI is InChI=1S/C19H22Cl2N2O3S2/c1-28(25,26)23(18-8-6-16(20)7-9-18)13-19(24)22-10-3-11-27-14-15-4-2-5-17(21)12-15/h2,4-9,12H,3,10-11,13-14H2,1H3,(H,22,24). The molecule has 0 fully saturated rings. The lowest BCUT2D eigenvalue weighted by molar-refractivity contribution is -0.119. The molecule has 1 amide bonds.